The van der Waals surface area contributed by atoms with Crippen LogP contribution in [0.25, 0.3) is 11.5 Å². The Labute approximate surface area is 135 Å². The molecule has 7 nitrogen and oxygen atoms in total. The third-order valence-corrected chi connectivity index (χ3v) is 2.57. The number of carbonyl (C=O) groups is 1. The zero-order valence-corrected chi connectivity index (χ0v) is 13.1. The third kappa shape index (κ3) is 4.93. The van der Waals surface area contributed by atoms with Crippen molar-refractivity contribution in [3.05, 3.63) is 29.8 Å². The smallest absolute Gasteiger partial charge is 0.417 e. The van der Waals surface area contributed by atoms with Gasteiger partial charge in [-0.05, 0) is 32.9 Å². The maximum Gasteiger partial charge on any atom is 0.417 e. The van der Waals surface area contributed by atoms with Gasteiger partial charge in [-0.25, -0.2) is 4.79 Å². The van der Waals surface area contributed by atoms with Crippen LogP contribution in [0.2, 0.25) is 0 Å². The molecule has 1 amide bonds. The Balaban J connectivity index is 1.99. The van der Waals surface area contributed by atoms with Crippen LogP contribution in [0.4, 0.5) is 18.0 Å². The van der Waals surface area contributed by atoms with Crippen LogP contribution in [-0.4, -0.2) is 26.8 Å². The average molecular weight is 344 g/mol. The molecule has 0 atom stereocenters. The Kier molecular flexibility index (Phi) is 4.76. The summed E-state index contributed by atoms with van der Waals surface area (Å²) in [5.41, 5.74) is -1.40. The molecule has 0 spiro atoms. The van der Waals surface area contributed by atoms with Gasteiger partial charge in [0, 0.05) is 6.20 Å². The number of amides is 1. The second-order valence-electron chi connectivity index (χ2n) is 5.80. The molecule has 2 heterocycles. The number of aromatic nitrogens is 3. The van der Waals surface area contributed by atoms with Gasteiger partial charge in [0.1, 0.15) is 17.8 Å². The van der Waals surface area contributed by atoms with E-state index in [1.54, 1.807) is 20.8 Å². The van der Waals surface area contributed by atoms with Gasteiger partial charge in [-0.15, -0.1) is 0 Å². The summed E-state index contributed by atoms with van der Waals surface area (Å²) in [6.45, 7) is 5.07. The molecule has 0 aliphatic rings. The molecule has 0 aliphatic heterocycles. The van der Waals surface area contributed by atoms with Crippen molar-refractivity contribution in [2.45, 2.75) is 39.1 Å². The minimum Gasteiger partial charge on any atom is -0.444 e. The first-order valence-electron chi connectivity index (χ1n) is 6.88. The average Bonchev–Trinajstić information content (AvgIpc) is 2.91. The van der Waals surface area contributed by atoms with Gasteiger partial charge in [0.05, 0.1) is 5.56 Å². The van der Waals surface area contributed by atoms with E-state index in [1.807, 2.05) is 0 Å². The Hall–Kier alpha value is -2.65. The Morgan fingerprint density at radius 1 is 1.29 bits per heavy atom. The Bertz CT molecular complexity index is 705. The molecule has 0 fully saturated rings. The summed E-state index contributed by atoms with van der Waals surface area (Å²) >= 11 is 0. The van der Waals surface area contributed by atoms with Gasteiger partial charge >= 0.3 is 12.3 Å². The molecule has 130 valence electrons. The van der Waals surface area contributed by atoms with Crippen molar-refractivity contribution in [3.8, 4) is 11.5 Å². The largest absolute Gasteiger partial charge is 0.444 e. The lowest BCUT2D eigenvalue weighted by Gasteiger charge is -2.19. The van der Waals surface area contributed by atoms with Crippen molar-refractivity contribution in [3.63, 3.8) is 0 Å². The van der Waals surface area contributed by atoms with Gasteiger partial charge in [-0.1, -0.05) is 5.16 Å². The first-order chi connectivity index (χ1) is 11.0. The molecule has 2 aromatic heterocycles. The van der Waals surface area contributed by atoms with Crippen molar-refractivity contribution >= 4 is 6.09 Å². The molecular weight excluding hydrogens is 329 g/mol. The van der Waals surface area contributed by atoms with E-state index >= 15 is 0 Å². The second-order valence-corrected chi connectivity index (χ2v) is 5.80. The fourth-order valence-electron chi connectivity index (χ4n) is 1.59. The highest BCUT2D eigenvalue weighted by atomic mass is 19.4. The van der Waals surface area contributed by atoms with Crippen molar-refractivity contribution in [2.75, 3.05) is 0 Å². The maximum atomic E-state index is 12.5. The number of carbonyl (C=O) groups excluding carboxylic acids is 1. The summed E-state index contributed by atoms with van der Waals surface area (Å²) in [5, 5.41) is 6.03. The standard InChI is InChI=1S/C14H15F3N4O3/c1-13(2,3)23-12(22)19-7-10-20-11(21-24-10)9-5-4-8(6-18-9)14(15,16)17/h4-6H,7H2,1-3H3,(H,19,22). The molecule has 0 saturated heterocycles. The molecule has 0 aliphatic carbocycles. The normalized spacial score (nSPS) is 12.1. The van der Waals surface area contributed by atoms with Gasteiger partial charge in [-0.2, -0.15) is 18.2 Å². The number of hydrogen-bond acceptors (Lipinski definition) is 6. The van der Waals surface area contributed by atoms with Gasteiger partial charge in [0.25, 0.3) is 0 Å². The van der Waals surface area contributed by atoms with Crippen molar-refractivity contribution < 1.29 is 27.2 Å². The third-order valence-electron chi connectivity index (χ3n) is 2.57. The van der Waals surface area contributed by atoms with E-state index in [0.717, 1.165) is 12.1 Å². The lowest BCUT2D eigenvalue weighted by Crippen LogP contribution is -2.32. The van der Waals surface area contributed by atoms with E-state index in [-0.39, 0.29) is 24.0 Å². The molecular formula is C14H15F3N4O3. The number of nitrogens with zero attached hydrogens (tertiary/aromatic N) is 3. The molecule has 0 unspecified atom stereocenters. The number of rotatable bonds is 3. The Morgan fingerprint density at radius 2 is 2.00 bits per heavy atom. The zero-order chi connectivity index (χ0) is 18.0. The summed E-state index contributed by atoms with van der Waals surface area (Å²) in [6, 6.07) is 2.01. The monoisotopic (exact) mass is 344 g/mol. The number of pyridine rings is 1. The van der Waals surface area contributed by atoms with Crippen LogP contribution >= 0.6 is 0 Å². The first-order valence-corrected chi connectivity index (χ1v) is 6.88. The fraction of sp³-hybridized carbons (Fsp3) is 0.429. The topological polar surface area (TPSA) is 90.1 Å². The summed E-state index contributed by atoms with van der Waals surface area (Å²) in [7, 11) is 0. The van der Waals surface area contributed by atoms with E-state index in [2.05, 4.69) is 20.4 Å². The molecule has 1 N–H and O–H groups in total. The molecule has 0 bridgehead atoms. The molecule has 0 radical (unpaired) electrons. The van der Waals surface area contributed by atoms with Crippen molar-refractivity contribution in [2.24, 2.45) is 0 Å². The van der Waals surface area contributed by atoms with Crippen LogP contribution in [0.15, 0.2) is 22.9 Å². The van der Waals surface area contributed by atoms with Gasteiger partial charge < -0.3 is 14.6 Å². The van der Waals surface area contributed by atoms with Crippen molar-refractivity contribution in [1.29, 1.82) is 0 Å². The highest BCUT2D eigenvalue weighted by Gasteiger charge is 2.30. The van der Waals surface area contributed by atoms with E-state index in [0.29, 0.717) is 6.20 Å². The molecule has 2 aromatic rings. The van der Waals surface area contributed by atoms with Crippen LogP contribution < -0.4 is 5.32 Å². The summed E-state index contributed by atoms with van der Waals surface area (Å²) in [6.07, 6.45) is -4.44. The van der Waals surface area contributed by atoms with Crippen LogP contribution in [0, 0.1) is 0 Å². The zero-order valence-electron chi connectivity index (χ0n) is 13.1. The number of alkyl carbamates (subject to hydrolysis) is 1. The second kappa shape index (κ2) is 6.46. The van der Waals surface area contributed by atoms with E-state index in [9.17, 15) is 18.0 Å². The van der Waals surface area contributed by atoms with E-state index in [1.165, 1.54) is 0 Å². The van der Waals surface area contributed by atoms with Crippen molar-refractivity contribution in [1.82, 2.24) is 20.4 Å². The minimum absolute atomic E-state index is 0.0183. The SMILES string of the molecule is CC(C)(C)OC(=O)NCc1nc(-c2ccc(C(F)(F)F)cn2)no1. The highest BCUT2D eigenvalue weighted by molar-refractivity contribution is 5.67. The van der Waals surface area contributed by atoms with Gasteiger partial charge in [0.15, 0.2) is 0 Å². The Morgan fingerprint density at radius 3 is 2.54 bits per heavy atom. The maximum absolute atomic E-state index is 12.5. The summed E-state index contributed by atoms with van der Waals surface area (Å²) in [4.78, 5) is 19.1. The van der Waals surface area contributed by atoms with Gasteiger partial charge in [0.2, 0.25) is 11.7 Å². The predicted molar refractivity (Wildman–Crippen MR) is 75.6 cm³/mol. The van der Waals surface area contributed by atoms with E-state index in [4.69, 9.17) is 9.26 Å². The molecule has 24 heavy (non-hydrogen) atoms. The molecule has 0 saturated carbocycles. The number of hydrogen-bond donors (Lipinski definition) is 1. The first kappa shape index (κ1) is 17.7. The number of nitrogens with one attached hydrogen (secondary N) is 1. The predicted octanol–water partition coefficient (Wildman–Crippen LogP) is 3.18. The minimum atomic E-state index is -4.47. The fourth-order valence-corrected chi connectivity index (χ4v) is 1.59. The lowest BCUT2D eigenvalue weighted by atomic mass is 10.2. The highest BCUT2D eigenvalue weighted by Crippen LogP contribution is 2.29. The van der Waals surface area contributed by atoms with Gasteiger partial charge in [-0.3, -0.25) is 4.98 Å². The molecule has 10 heteroatoms. The molecule has 2 rings (SSSR count). The quantitative estimate of drug-likeness (QED) is 0.920. The van der Waals surface area contributed by atoms with Crippen LogP contribution in [0.3, 0.4) is 0 Å². The van der Waals surface area contributed by atoms with Crippen LogP contribution in [-0.2, 0) is 17.5 Å². The summed E-state index contributed by atoms with van der Waals surface area (Å²) < 4.78 is 47.4. The number of alkyl halides is 3. The summed E-state index contributed by atoms with van der Waals surface area (Å²) in [5.74, 6) is 0.0854. The molecule has 0 aromatic carbocycles. The number of ether oxygens (including phenoxy) is 1. The van der Waals surface area contributed by atoms with E-state index < -0.39 is 23.4 Å². The lowest BCUT2D eigenvalue weighted by molar-refractivity contribution is -0.137. The van der Waals surface area contributed by atoms with Crippen LogP contribution in [0.1, 0.15) is 32.2 Å². The number of halogens is 3. The van der Waals surface area contributed by atoms with Crippen LogP contribution in [0.5, 0.6) is 0 Å².